The summed E-state index contributed by atoms with van der Waals surface area (Å²) >= 11 is 0. The fraction of sp³-hybridized carbons (Fsp3) is 0.964. The van der Waals surface area contributed by atoms with E-state index < -0.39 is 67.4 Å². The summed E-state index contributed by atoms with van der Waals surface area (Å²) in [5, 5.41) is 61.0. The summed E-state index contributed by atoms with van der Waals surface area (Å²) in [7, 11) is 0. The van der Waals surface area contributed by atoms with Crippen LogP contribution >= 0.6 is 0 Å². The van der Waals surface area contributed by atoms with Crippen LogP contribution in [0.1, 0.15) is 104 Å². The molecule has 0 aromatic heterocycles. The third-order valence-corrected chi connectivity index (χ3v) is 7.68. The van der Waals surface area contributed by atoms with E-state index in [1.54, 1.807) is 6.92 Å². The minimum Gasteiger partial charge on any atom is -0.433 e. The topological polar surface area (TPSA) is 175 Å². The van der Waals surface area contributed by atoms with Gasteiger partial charge in [-0.1, -0.05) is 64.7 Å². The number of aliphatic hydroxyl groups is 6. The molecule has 11 nitrogen and oxygen atoms in total. The van der Waals surface area contributed by atoms with Gasteiger partial charge in [0, 0.05) is 6.42 Å². The number of unbranched alkanes of at least 4 members (excludes halogenated alkanes) is 8. The molecule has 0 amide bonds. The molecular formula is C28H52O11. The van der Waals surface area contributed by atoms with Gasteiger partial charge in [-0.3, -0.25) is 4.79 Å². The molecule has 0 radical (unpaired) electrons. The number of ether oxygens (including phenoxy) is 4. The Morgan fingerprint density at radius 2 is 1.23 bits per heavy atom. The predicted molar refractivity (Wildman–Crippen MR) is 141 cm³/mol. The maximum absolute atomic E-state index is 12.3. The van der Waals surface area contributed by atoms with Gasteiger partial charge < -0.3 is 49.6 Å². The molecule has 2 saturated heterocycles. The molecule has 11 heteroatoms. The first-order valence-electron chi connectivity index (χ1n) is 14.8. The van der Waals surface area contributed by atoms with Gasteiger partial charge in [-0.15, -0.1) is 0 Å². The third-order valence-electron chi connectivity index (χ3n) is 7.68. The second kappa shape index (κ2) is 17.8. The number of hydrogen-bond donors (Lipinski definition) is 6. The van der Waals surface area contributed by atoms with E-state index in [9.17, 15) is 35.4 Å². The average molecular weight is 565 g/mol. The van der Waals surface area contributed by atoms with Crippen molar-refractivity contribution in [2.24, 2.45) is 0 Å². The molecule has 0 aliphatic carbocycles. The summed E-state index contributed by atoms with van der Waals surface area (Å²) in [5.74, 6) is -0.535. The van der Waals surface area contributed by atoms with Crippen molar-refractivity contribution >= 4 is 5.97 Å². The molecule has 2 aliphatic rings. The van der Waals surface area contributed by atoms with Crippen LogP contribution in [0.2, 0.25) is 0 Å². The SMILES string of the molecule is CCCCC[C@H](O)CCCCCCCCCC(=O)O[C@@H]1O[C@H](C)[C@@H](O[C@H]2O[C@@H](C)[C@H](O)[C@@H](O)[C@@H]2O)[C@H](O)[C@H]1O. The zero-order chi connectivity index (χ0) is 28.9. The largest absolute Gasteiger partial charge is 0.433 e. The van der Waals surface area contributed by atoms with Crippen LogP contribution in [-0.4, -0.2) is 104 Å². The van der Waals surface area contributed by atoms with E-state index >= 15 is 0 Å². The minimum absolute atomic E-state index is 0.168. The van der Waals surface area contributed by atoms with Crippen LogP contribution in [-0.2, 0) is 23.7 Å². The highest BCUT2D eigenvalue weighted by molar-refractivity contribution is 5.69. The van der Waals surface area contributed by atoms with Crippen LogP contribution in [0.5, 0.6) is 0 Å². The Labute approximate surface area is 232 Å². The van der Waals surface area contributed by atoms with E-state index in [1.807, 2.05) is 0 Å². The highest BCUT2D eigenvalue weighted by atomic mass is 16.7. The van der Waals surface area contributed by atoms with Gasteiger partial charge in [0.15, 0.2) is 6.29 Å². The smallest absolute Gasteiger partial charge is 0.308 e. The lowest BCUT2D eigenvalue weighted by Gasteiger charge is -2.45. The van der Waals surface area contributed by atoms with Crippen LogP contribution < -0.4 is 0 Å². The maximum Gasteiger partial charge on any atom is 0.308 e. The van der Waals surface area contributed by atoms with Crippen molar-refractivity contribution in [3.05, 3.63) is 0 Å². The Morgan fingerprint density at radius 3 is 1.87 bits per heavy atom. The summed E-state index contributed by atoms with van der Waals surface area (Å²) in [6.07, 6.45) is -0.994. The lowest BCUT2D eigenvalue weighted by Crippen LogP contribution is -2.63. The molecular weight excluding hydrogens is 512 g/mol. The number of aliphatic hydroxyl groups excluding tert-OH is 6. The molecule has 6 N–H and O–H groups in total. The zero-order valence-electron chi connectivity index (χ0n) is 23.8. The molecule has 2 aliphatic heterocycles. The highest BCUT2D eigenvalue weighted by Crippen LogP contribution is 2.29. The van der Waals surface area contributed by atoms with Gasteiger partial charge in [-0.2, -0.15) is 0 Å². The van der Waals surface area contributed by atoms with Crippen molar-refractivity contribution in [2.45, 2.75) is 172 Å². The van der Waals surface area contributed by atoms with E-state index in [2.05, 4.69) is 6.92 Å². The van der Waals surface area contributed by atoms with Gasteiger partial charge in [-0.05, 0) is 33.1 Å². The predicted octanol–water partition coefficient (Wildman–Crippen LogP) is 1.66. The fourth-order valence-corrected chi connectivity index (χ4v) is 5.07. The van der Waals surface area contributed by atoms with E-state index in [0.717, 1.165) is 57.8 Å². The second-order valence-electron chi connectivity index (χ2n) is 11.1. The van der Waals surface area contributed by atoms with Crippen LogP contribution in [0.25, 0.3) is 0 Å². The number of hydrogen-bond acceptors (Lipinski definition) is 11. The summed E-state index contributed by atoms with van der Waals surface area (Å²) in [5.41, 5.74) is 0. The molecule has 39 heavy (non-hydrogen) atoms. The molecule has 0 spiro atoms. The molecule has 0 aromatic rings. The Hall–Kier alpha value is -0.890. The van der Waals surface area contributed by atoms with Gasteiger partial charge in [0.25, 0.3) is 0 Å². The first-order valence-corrected chi connectivity index (χ1v) is 14.8. The third kappa shape index (κ3) is 11.1. The lowest BCUT2D eigenvalue weighted by molar-refractivity contribution is -0.348. The van der Waals surface area contributed by atoms with Crippen molar-refractivity contribution in [1.29, 1.82) is 0 Å². The number of esters is 1. The first kappa shape index (κ1) is 34.3. The number of rotatable bonds is 17. The Bertz CT molecular complexity index is 680. The Kier molecular flexibility index (Phi) is 15.7. The van der Waals surface area contributed by atoms with E-state index in [1.165, 1.54) is 19.8 Å². The molecule has 0 unspecified atom stereocenters. The van der Waals surface area contributed by atoms with Crippen molar-refractivity contribution in [2.75, 3.05) is 0 Å². The van der Waals surface area contributed by atoms with Gasteiger partial charge >= 0.3 is 5.97 Å². The molecule has 0 bridgehead atoms. The van der Waals surface area contributed by atoms with E-state index in [-0.39, 0.29) is 12.5 Å². The van der Waals surface area contributed by atoms with E-state index in [0.29, 0.717) is 6.42 Å². The van der Waals surface area contributed by atoms with Gasteiger partial charge in [0.1, 0.15) is 36.6 Å². The van der Waals surface area contributed by atoms with Crippen LogP contribution in [0.4, 0.5) is 0 Å². The summed E-state index contributed by atoms with van der Waals surface area (Å²) < 4.78 is 21.9. The zero-order valence-corrected chi connectivity index (χ0v) is 23.8. The molecule has 2 heterocycles. The molecule has 11 atom stereocenters. The molecule has 0 saturated carbocycles. The van der Waals surface area contributed by atoms with Crippen LogP contribution in [0.15, 0.2) is 0 Å². The molecule has 230 valence electrons. The monoisotopic (exact) mass is 564 g/mol. The maximum atomic E-state index is 12.3. The van der Waals surface area contributed by atoms with Crippen molar-refractivity contribution < 1.29 is 54.4 Å². The normalized spacial score (nSPS) is 36.0. The molecule has 2 fully saturated rings. The summed E-state index contributed by atoms with van der Waals surface area (Å²) in [6.45, 7) is 5.21. The molecule has 2 rings (SSSR count). The van der Waals surface area contributed by atoms with Crippen molar-refractivity contribution in [3.63, 3.8) is 0 Å². The molecule has 0 aromatic carbocycles. The van der Waals surface area contributed by atoms with Crippen LogP contribution in [0, 0.1) is 0 Å². The Balaban J connectivity index is 1.61. The van der Waals surface area contributed by atoms with Crippen molar-refractivity contribution in [1.82, 2.24) is 0 Å². The van der Waals surface area contributed by atoms with Crippen LogP contribution in [0.3, 0.4) is 0 Å². The van der Waals surface area contributed by atoms with E-state index in [4.69, 9.17) is 18.9 Å². The second-order valence-corrected chi connectivity index (χ2v) is 11.1. The average Bonchev–Trinajstić information content (AvgIpc) is 2.90. The van der Waals surface area contributed by atoms with Crippen molar-refractivity contribution in [3.8, 4) is 0 Å². The lowest BCUT2D eigenvalue weighted by atomic mass is 9.97. The highest BCUT2D eigenvalue weighted by Gasteiger charge is 2.49. The minimum atomic E-state index is -1.59. The summed E-state index contributed by atoms with van der Waals surface area (Å²) in [6, 6.07) is 0. The number of carbonyl (C=O) groups excluding carboxylic acids is 1. The Morgan fingerprint density at radius 1 is 0.692 bits per heavy atom. The number of carbonyl (C=O) groups is 1. The van der Waals surface area contributed by atoms with Gasteiger partial charge in [0.05, 0.1) is 18.3 Å². The standard InChI is InChI=1S/C28H52O11/c1-4-5-11-14-19(29)15-12-9-7-6-8-10-13-16-20(30)38-27-25(35)23(33)26(18(3)37-27)39-28-24(34)22(32)21(31)17(2)36-28/h17-19,21-29,31-35H,4-16H2,1-3H3/t17-,18+,19-,21-,22+,23+,24-,25+,26+,27-,28+/m0/s1. The summed E-state index contributed by atoms with van der Waals surface area (Å²) in [4.78, 5) is 12.3. The quantitative estimate of drug-likeness (QED) is 0.112. The fourth-order valence-electron chi connectivity index (χ4n) is 5.07. The first-order chi connectivity index (χ1) is 18.6. The van der Waals surface area contributed by atoms with Gasteiger partial charge in [-0.25, -0.2) is 0 Å². The van der Waals surface area contributed by atoms with Gasteiger partial charge in [0.2, 0.25) is 6.29 Å².